The predicted molar refractivity (Wildman–Crippen MR) is 65.9 cm³/mol. The molecular formula is C8H21NS2Sn. The first-order valence-corrected chi connectivity index (χ1v) is 10.3. The van der Waals surface area contributed by atoms with E-state index in [4.69, 9.17) is 5.73 Å². The van der Waals surface area contributed by atoms with Crippen LogP contribution in [0.3, 0.4) is 0 Å². The first-order valence-electron chi connectivity index (χ1n) is 4.25. The Bertz CT molecular complexity index is 42.0. The Morgan fingerprint density at radius 2 is 1.50 bits per heavy atom. The molecule has 0 heterocycles. The van der Waals surface area contributed by atoms with E-state index in [1.54, 1.807) is 0 Å². The second-order valence-corrected chi connectivity index (χ2v) is 6.42. The molecule has 0 aliphatic carbocycles. The first-order chi connectivity index (χ1) is 5.74. The van der Waals surface area contributed by atoms with Gasteiger partial charge in [-0.2, -0.15) is 11.5 Å². The van der Waals surface area contributed by atoms with Crippen LogP contribution >= 0.6 is 0 Å². The van der Waals surface area contributed by atoms with Crippen LogP contribution in [0.25, 0.3) is 0 Å². The Morgan fingerprint density at radius 1 is 1.17 bits per heavy atom. The van der Waals surface area contributed by atoms with E-state index in [0.29, 0.717) is 0 Å². The fraction of sp³-hybridized carbons (Fsp3) is 1.00. The molecule has 0 radical (unpaired) electrons. The summed E-state index contributed by atoms with van der Waals surface area (Å²) in [5.41, 5.74) is 5.24. The Balaban J connectivity index is -0.000000115. The predicted octanol–water partition coefficient (Wildman–Crippen LogP) is 1.61. The summed E-state index contributed by atoms with van der Waals surface area (Å²) < 4.78 is 1.46. The third kappa shape index (κ3) is 63.0. The van der Waals surface area contributed by atoms with Gasteiger partial charge in [0.2, 0.25) is 0 Å². The molecule has 0 spiro atoms. The van der Waals surface area contributed by atoms with Crippen molar-refractivity contribution in [1.82, 2.24) is 0 Å². The van der Waals surface area contributed by atoms with Crippen molar-refractivity contribution in [2.24, 2.45) is 5.73 Å². The van der Waals surface area contributed by atoms with Gasteiger partial charge in [-0.25, -0.2) is 0 Å². The number of hydrogen-bond acceptors (Lipinski definition) is 3. The monoisotopic (exact) mass is 315 g/mol. The molecule has 0 aliphatic rings. The normalized spacial score (nSPS) is 6.83. The van der Waals surface area contributed by atoms with Gasteiger partial charge in [0.25, 0.3) is 0 Å². The van der Waals surface area contributed by atoms with Crippen molar-refractivity contribution < 1.29 is 0 Å². The quantitative estimate of drug-likeness (QED) is 0.487. The van der Waals surface area contributed by atoms with Gasteiger partial charge in [0.05, 0.1) is 0 Å². The van der Waals surface area contributed by atoms with Crippen LogP contribution in [0.4, 0.5) is 0 Å². The molecule has 0 bridgehead atoms. The molecule has 1 nitrogen and oxygen atoms in total. The summed E-state index contributed by atoms with van der Waals surface area (Å²) in [6.45, 7) is 4.78. The van der Waals surface area contributed by atoms with Gasteiger partial charge in [0, 0.05) is 0 Å². The van der Waals surface area contributed by atoms with Gasteiger partial charge in [-0.3, -0.25) is 0 Å². The van der Waals surface area contributed by atoms with Crippen molar-refractivity contribution in [2.45, 2.75) is 29.6 Å². The van der Waals surface area contributed by atoms with Crippen LogP contribution in [-0.2, 0) is 25.3 Å². The van der Waals surface area contributed by atoms with Crippen molar-refractivity contribution in [3.63, 3.8) is 0 Å². The molecule has 0 unspecified atom stereocenters. The molecule has 0 aliphatic heterocycles. The third-order valence-corrected chi connectivity index (χ3v) is 3.07. The van der Waals surface area contributed by atoms with Crippen molar-refractivity contribution in [1.29, 1.82) is 0 Å². The van der Waals surface area contributed by atoms with E-state index >= 15 is 0 Å². The number of rotatable bonds is 3. The second-order valence-electron chi connectivity index (χ2n) is 1.82. The summed E-state index contributed by atoms with van der Waals surface area (Å²) in [4.78, 5) is 2.35. The summed E-state index contributed by atoms with van der Waals surface area (Å²) in [5.74, 6) is 1.67. The number of nitrogens with two attached hydrogens (primary N) is 1. The summed E-state index contributed by atoms with van der Waals surface area (Å²) in [7, 11) is 0. The molecule has 12 heavy (non-hydrogen) atoms. The molecule has 0 atom stereocenters. The van der Waals surface area contributed by atoms with Crippen LogP contribution in [0, 0.1) is 0 Å². The third-order valence-electron chi connectivity index (χ3n) is 0.631. The fourth-order valence-corrected chi connectivity index (χ4v) is 1.87. The van der Waals surface area contributed by atoms with Crippen LogP contribution in [0.15, 0.2) is 0 Å². The molecule has 0 aromatic carbocycles. The van der Waals surface area contributed by atoms with Crippen molar-refractivity contribution in [3.05, 3.63) is 0 Å². The van der Waals surface area contributed by atoms with E-state index in [-0.39, 0.29) is 21.1 Å². The maximum atomic E-state index is 5.24. The summed E-state index contributed by atoms with van der Waals surface area (Å²) in [5, 5.41) is 0. The Morgan fingerprint density at radius 3 is 1.58 bits per heavy atom. The molecular weight excluding hydrogens is 293 g/mol. The van der Waals surface area contributed by atoms with Gasteiger partial charge in [0.1, 0.15) is 0 Å². The summed E-state index contributed by atoms with van der Waals surface area (Å²) in [6, 6.07) is 0. The molecule has 0 fully saturated rings. The van der Waals surface area contributed by atoms with E-state index in [1.165, 1.54) is 10.9 Å². The second kappa shape index (κ2) is 29.4. The zero-order chi connectivity index (χ0) is 10.2. The Kier molecular flexibility index (Phi) is 46.8. The van der Waals surface area contributed by atoms with Crippen molar-refractivity contribution >= 4 is 46.4 Å². The van der Waals surface area contributed by atoms with Crippen LogP contribution in [0.2, 0.25) is 9.38 Å². The standard InChI is InChI=1S/C3H8N.2C2H6S.CH3.Sn/c1-2-3-4;2*1-2-3;;/h1-4H2;2*3H,2H2,1H3;1H3;/q;;;;+2/p-2. The SMILES string of the molecule is CC[S-].CC[S-].[CH3][Sn+2][CH2]CCN. The van der Waals surface area contributed by atoms with E-state index < -0.39 is 0 Å². The molecule has 0 amide bonds. The molecule has 0 saturated carbocycles. The molecule has 0 rings (SSSR count). The first kappa shape index (κ1) is 19.1. The van der Waals surface area contributed by atoms with Crippen LogP contribution < -0.4 is 5.73 Å². The van der Waals surface area contributed by atoms with E-state index in [2.05, 4.69) is 30.2 Å². The topological polar surface area (TPSA) is 26.0 Å². The fourth-order valence-electron chi connectivity index (χ4n) is 0.279. The number of hydrogen-bond donors (Lipinski definition) is 1. The van der Waals surface area contributed by atoms with Crippen molar-refractivity contribution in [3.8, 4) is 0 Å². The maximum absolute atomic E-state index is 5.24. The Hall–Kier alpha value is 1.46. The molecule has 2 N–H and O–H groups in total. The van der Waals surface area contributed by atoms with E-state index in [0.717, 1.165) is 18.1 Å². The van der Waals surface area contributed by atoms with Gasteiger partial charge in [-0.15, -0.1) is 0 Å². The molecule has 0 aromatic rings. The van der Waals surface area contributed by atoms with E-state index in [1.807, 2.05) is 13.8 Å². The summed E-state index contributed by atoms with van der Waals surface area (Å²) in [6.07, 6.45) is 1.27. The van der Waals surface area contributed by atoms with Crippen LogP contribution in [-0.4, -0.2) is 39.2 Å². The van der Waals surface area contributed by atoms with Crippen molar-refractivity contribution in [2.75, 3.05) is 18.1 Å². The van der Waals surface area contributed by atoms with E-state index in [9.17, 15) is 0 Å². The molecule has 0 saturated heterocycles. The Labute approximate surface area is 99.3 Å². The van der Waals surface area contributed by atoms with Gasteiger partial charge < -0.3 is 25.3 Å². The molecule has 74 valence electrons. The van der Waals surface area contributed by atoms with Gasteiger partial charge >= 0.3 is 49.2 Å². The average Bonchev–Trinajstić information content (AvgIpc) is 2.04. The van der Waals surface area contributed by atoms with Crippen LogP contribution in [0.5, 0.6) is 0 Å². The zero-order valence-corrected chi connectivity index (χ0v) is 12.9. The zero-order valence-electron chi connectivity index (χ0n) is 8.43. The minimum atomic E-state index is 0.110. The molecule has 0 aromatic heterocycles. The molecule has 4 heteroatoms. The summed E-state index contributed by atoms with van der Waals surface area (Å²) >= 11 is 8.90. The van der Waals surface area contributed by atoms with Gasteiger partial charge in [-0.05, 0) is 0 Å². The average molecular weight is 314 g/mol. The van der Waals surface area contributed by atoms with Gasteiger partial charge in [-0.1, -0.05) is 13.8 Å². The minimum absolute atomic E-state index is 0.110. The van der Waals surface area contributed by atoms with Gasteiger partial charge in [0.15, 0.2) is 0 Å². The van der Waals surface area contributed by atoms with Crippen LogP contribution in [0.1, 0.15) is 20.3 Å².